The maximum atomic E-state index is 8.98. The van der Waals surface area contributed by atoms with E-state index in [1.54, 1.807) is 6.20 Å². The topological polar surface area (TPSA) is 84.0 Å². The van der Waals surface area contributed by atoms with Crippen LogP contribution >= 0.6 is 0 Å². The van der Waals surface area contributed by atoms with E-state index >= 15 is 0 Å². The minimum atomic E-state index is 0.0738. The second-order valence-corrected chi connectivity index (χ2v) is 4.62. The van der Waals surface area contributed by atoms with Crippen molar-refractivity contribution in [1.82, 2.24) is 4.98 Å². The van der Waals surface area contributed by atoms with Gasteiger partial charge in [-0.2, -0.15) is 0 Å². The SMILES string of the molecule is N/C(=N\O)c1cnc2ccccc2c1N1CCOCC1. The minimum Gasteiger partial charge on any atom is -0.409 e. The van der Waals surface area contributed by atoms with Crippen LogP contribution in [0.5, 0.6) is 0 Å². The summed E-state index contributed by atoms with van der Waals surface area (Å²) in [7, 11) is 0. The van der Waals surface area contributed by atoms with E-state index in [-0.39, 0.29) is 5.84 Å². The van der Waals surface area contributed by atoms with E-state index in [2.05, 4.69) is 15.0 Å². The summed E-state index contributed by atoms with van der Waals surface area (Å²) in [6, 6.07) is 7.86. The Kier molecular flexibility index (Phi) is 3.39. The molecular formula is C14H16N4O2. The molecule has 2 heterocycles. The molecule has 0 saturated carbocycles. The Bertz CT molecular complexity index is 651. The number of amidine groups is 1. The van der Waals surface area contributed by atoms with Crippen LogP contribution in [0.2, 0.25) is 0 Å². The van der Waals surface area contributed by atoms with Crippen molar-refractivity contribution in [2.75, 3.05) is 31.2 Å². The van der Waals surface area contributed by atoms with Crippen molar-refractivity contribution < 1.29 is 9.94 Å². The molecular weight excluding hydrogens is 256 g/mol. The molecule has 104 valence electrons. The summed E-state index contributed by atoms with van der Waals surface area (Å²) in [5.74, 6) is 0.0738. The van der Waals surface area contributed by atoms with Crippen LogP contribution in [0.25, 0.3) is 10.9 Å². The van der Waals surface area contributed by atoms with Crippen LogP contribution < -0.4 is 10.6 Å². The molecule has 6 nitrogen and oxygen atoms in total. The lowest BCUT2D eigenvalue weighted by Gasteiger charge is -2.31. The minimum absolute atomic E-state index is 0.0738. The van der Waals surface area contributed by atoms with E-state index in [9.17, 15) is 0 Å². The van der Waals surface area contributed by atoms with Crippen LogP contribution in [-0.4, -0.2) is 42.3 Å². The number of oxime groups is 1. The molecule has 0 atom stereocenters. The number of nitrogens with two attached hydrogens (primary N) is 1. The molecule has 2 aromatic rings. The maximum absolute atomic E-state index is 8.98. The molecule has 0 unspecified atom stereocenters. The average molecular weight is 272 g/mol. The van der Waals surface area contributed by atoms with Gasteiger partial charge in [-0.25, -0.2) is 0 Å². The molecule has 0 bridgehead atoms. The van der Waals surface area contributed by atoms with Gasteiger partial charge in [-0.1, -0.05) is 23.4 Å². The van der Waals surface area contributed by atoms with Gasteiger partial charge in [0.15, 0.2) is 5.84 Å². The molecule has 0 radical (unpaired) electrons. The van der Waals surface area contributed by atoms with E-state index in [1.165, 1.54) is 0 Å². The van der Waals surface area contributed by atoms with E-state index in [1.807, 2.05) is 24.3 Å². The summed E-state index contributed by atoms with van der Waals surface area (Å²) >= 11 is 0. The number of para-hydroxylation sites is 1. The predicted octanol–water partition coefficient (Wildman–Crippen LogP) is 1.17. The quantitative estimate of drug-likeness (QED) is 0.371. The fraction of sp³-hybridized carbons (Fsp3) is 0.286. The number of rotatable bonds is 2. The Morgan fingerprint density at radius 3 is 2.80 bits per heavy atom. The van der Waals surface area contributed by atoms with Gasteiger partial charge in [0.1, 0.15) is 0 Å². The molecule has 1 aliphatic heterocycles. The second kappa shape index (κ2) is 5.34. The van der Waals surface area contributed by atoms with E-state index in [0.29, 0.717) is 18.8 Å². The molecule has 1 aliphatic rings. The van der Waals surface area contributed by atoms with Crippen molar-refractivity contribution in [3.05, 3.63) is 36.0 Å². The summed E-state index contributed by atoms with van der Waals surface area (Å²) in [5, 5.41) is 13.1. The zero-order valence-electron chi connectivity index (χ0n) is 11.0. The van der Waals surface area contributed by atoms with Gasteiger partial charge < -0.3 is 20.6 Å². The summed E-state index contributed by atoms with van der Waals surface area (Å²) in [6.07, 6.45) is 1.65. The lowest BCUT2D eigenvalue weighted by molar-refractivity contribution is 0.123. The predicted molar refractivity (Wildman–Crippen MR) is 77.3 cm³/mol. The summed E-state index contributed by atoms with van der Waals surface area (Å²) in [4.78, 5) is 6.57. The highest BCUT2D eigenvalue weighted by molar-refractivity contribution is 6.08. The third kappa shape index (κ3) is 2.14. The number of hydrogen-bond acceptors (Lipinski definition) is 5. The highest BCUT2D eigenvalue weighted by Gasteiger charge is 2.20. The van der Waals surface area contributed by atoms with Gasteiger partial charge in [-0.3, -0.25) is 4.98 Å². The van der Waals surface area contributed by atoms with Gasteiger partial charge in [0.25, 0.3) is 0 Å². The van der Waals surface area contributed by atoms with Gasteiger partial charge in [-0.05, 0) is 6.07 Å². The number of benzene rings is 1. The number of aromatic nitrogens is 1. The molecule has 1 aromatic heterocycles. The van der Waals surface area contributed by atoms with E-state index in [0.717, 1.165) is 29.7 Å². The number of nitrogens with zero attached hydrogens (tertiary/aromatic N) is 3. The Morgan fingerprint density at radius 2 is 2.05 bits per heavy atom. The lowest BCUT2D eigenvalue weighted by Crippen LogP contribution is -2.37. The fourth-order valence-electron chi connectivity index (χ4n) is 2.50. The molecule has 0 aliphatic carbocycles. The van der Waals surface area contributed by atoms with E-state index < -0.39 is 0 Å². The van der Waals surface area contributed by atoms with Gasteiger partial charge in [0, 0.05) is 24.7 Å². The molecule has 0 spiro atoms. The number of fused-ring (bicyclic) bond motifs is 1. The Hall–Kier alpha value is -2.34. The molecule has 3 rings (SSSR count). The highest BCUT2D eigenvalue weighted by Crippen LogP contribution is 2.30. The first-order valence-corrected chi connectivity index (χ1v) is 6.49. The first-order valence-electron chi connectivity index (χ1n) is 6.49. The van der Waals surface area contributed by atoms with Crippen LogP contribution in [0.3, 0.4) is 0 Å². The average Bonchev–Trinajstić information content (AvgIpc) is 2.53. The highest BCUT2D eigenvalue weighted by atomic mass is 16.5. The summed E-state index contributed by atoms with van der Waals surface area (Å²) < 4.78 is 5.39. The normalized spacial score (nSPS) is 16.6. The summed E-state index contributed by atoms with van der Waals surface area (Å²) in [6.45, 7) is 2.90. The van der Waals surface area contributed by atoms with Gasteiger partial charge in [0.2, 0.25) is 0 Å². The number of pyridine rings is 1. The monoisotopic (exact) mass is 272 g/mol. The first-order chi connectivity index (χ1) is 9.81. The van der Waals surface area contributed by atoms with Crippen LogP contribution in [0.15, 0.2) is 35.6 Å². The largest absolute Gasteiger partial charge is 0.409 e. The number of hydrogen-bond donors (Lipinski definition) is 2. The fourth-order valence-corrected chi connectivity index (χ4v) is 2.50. The summed E-state index contributed by atoms with van der Waals surface area (Å²) in [5.41, 5.74) is 8.29. The molecule has 3 N–H and O–H groups in total. The second-order valence-electron chi connectivity index (χ2n) is 4.62. The number of morpholine rings is 1. The lowest BCUT2D eigenvalue weighted by atomic mass is 10.1. The van der Waals surface area contributed by atoms with Gasteiger partial charge >= 0.3 is 0 Å². The van der Waals surface area contributed by atoms with Crippen molar-refractivity contribution in [3.63, 3.8) is 0 Å². The van der Waals surface area contributed by atoms with E-state index in [4.69, 9.17) is 15.7 Å². The number of anilines is 1. The van der Waals surface area contributed by atoms with Crippen molar-refractivity contribution in [2.24, 2.45) is 10.9 Å². The number of ether oxygens (including phenoxy) is 1. The van der Waals surface area contributed by atoms with Gasteiger partial charge in [0.05, 0.1) is 30.0 Å². The molecule has 6 heteroatoms. The molecule has 1 saturated heterocycles. The third-order valence-electron chi connectivity index (χ3n) is 3.46. The van der Waals surface area contributed by atoms with Crippen LogP contribution in [0, 0.1) is 0 Å². The molecule has 20 heavy (non-hydrogen) atoms. The molecule has 1 fully saturated rings. The van der Waals surface area contributed by atoms with Crippen molar-refractivity contribution in [3.8, 4) is 0 Å². The zero-order valence-corrected chi connectivity index (χ0v) is 11.0. The maximum Gasteiger partial charge on any atom is 0.173 e. The van der Waals surface area contributed by atoms with Gasteiger partial charge in [-0.15, -0.1) is 0 Å². The molecule has 0 amide bonds. The Morgan fingerprint density at radius 1 is 1.30 bits per heavy atom. The molecule has 1 aromatic carbocycles. The van der Waals surface area contributed by atoms with Crippen molar-refractivity contribution >= 4 is 22.4 Å². The Labute approximate surface area is 116 Å². The van der Waals surface area contributed by atoms with Crippen molar-refractivity contribution in [2.45, 2.75) is 0 Å². The van der Waals surface area contributed by atoms with Crippen LogP contribution in [0.4, 0.5) is 5.69 Å². The smallest absolute Gasteiger partial charge is 0.173 e. The first kappa shape index (κ1) is 12.7. The zero-order chi connectivity index (χ0) is 13.9. The van der Waals surface area contributed by atoms with Crippen LogP contribution in [-0.2, 0) is 4.74 Å². The third-order valence-corrected chi connectivity index (χ3v) is 3.46. The Balaban J connectivity index is 2.22. The standard InChI is InChI=1S/C14H16N4O2/c15-14(17-19)11-9-16-12-4-2-1-3-10(12)13(11)18-5-7-20-8-6-18/h1-4,9,19H,5-8H2,(H2,15,17). The van der Waals surface area contributed by atoms with Crippen LogP contribution in [0.1, 0.15) is 5.56 Å². The van der Waals surface area contributed by atoms with Crippen molar-refractivity contribution in [1.29, 1.82) is 0 Å².